The molecule has 6 heteroatoms. The molecule has 2 aromatic rings. The van der Waals surface area contributed by atoms with Crippen LogP contribution in [0, 0.1) is 0 Å². The first-order valence-electron chi connectivity index (χ1n) is 9.22. The zero-order valence-corrected chi connectivity index (χ0v) is 15.0. The van der Waals surface area contributed by atoms with Gasteiger partial charge in [-0.25, -0.2) is 9.97 Å². The van der Waals surface area contributed by atoms with E-state index in [1.54, 1.807) is 0 Å². The van der Waals surface area contributed by atoms with Crippen LogP contribution in [0.5, 0.6) is 0 Å². The zero-order valence-electron chi connectivity index (χ0n) is 15.0. The van der Waals surface area contributed by atoms with Crippen LogP contribution in [0.3, 0.4) is 0 Å². The number of rotatable bonds is 4. The summed E-state index contributed by atoms with van der Waals surface area (Å²) in [6.07, 6.45) is 5.19. The summed E-state index contributed by atoms with van der Waals surface area (Å²) in [4.78, 5) is 22.2. The number of ether oxygens (including phenoxy) is 1. The molecule has 4 rings (SSSR count). The van der Waals surface area contributed by atoms with Crippen molar-refractivity contribution in [2.75, 3.05) is 18.5 Å². The van der Waals surface area contributed by atoms with E-state index in [-0.39, 0.29) is 11.9 Å². The molecule has 1 unspecified atom stereocenters. The third-order valence-electron chi connectivity index (χ3n) is 5.37. The van der Waals surface area contributed by atoms with Crippen molar-refractivity contribution in [3.8, 4) is 0 Å². The first kappa shape index (κ1) is 17.0. The molecule has 136 valence electrons. The molecule has 2 aliphatic rings. The minimum atomic E-state index is -0.607. The van der Waals surface area contributed by atoms with Gasteiger partial charge in [0.05, 0.1) is 11.1 Å². The topological polar surface area (TPSA) is 76.1 Å². The fourth-order valence-electron chi connectivity index (χ4n) is 3.69. The Morgan fingerprint density at radius 3 is 2.77 bits per heavy atom. The highest BCUT2D eigenvalue weighted by Crippen LogP contribution is 2.38. The van der Waals surface area contributed by atoms with Crippen molar-refractivity contribution in [1.82, 2.24) is 15.3 Å². The SMILES string of the molecule is CC1(C(=O)NC2CCOCC2)CCc2cnc(Nc3ccccc3)nc21. The Morgan fingerprint density at radius 2 is 2.00 bits per heavy atom. The molecular weight excluding hydrogens is 328 g/mol. The van der Waals surface area contributed by atoms with Gasteiger partial charge >= 0.3 is 0 Å². The van der Waals surface area contributed by atoms with E-state index in [0.29, 0.717) is 19.2 Å². The largest absolute Gasteiger partial charge is 0.381 e. The number of fused-ring (bicyclic) bond motifs is 1. The molecule has 0 bridgehead atoms. The van der Waals surface area contributed by atoms with Gasteiger partial charge in [0.15, 0.2) is 0 Å². The summed E-state index contributed by atoms with van der Waals surface area (Å²) in [6.45, 7) is 3.42. The molecule has 26 heavy (non-hydrogen) atoms. The zero-order chi connectivity index (χ0) is 18.0. The minimum absolute atomic E-state index is 0.0625. The van der Waals surface area contributed by atoms with Crippen molar-refractivity contribution in [2.45, 2.75) is 44.1 Å². The summed E-state index contributed by atoms with van der Waals surface area (Å²) >= 11 is 0. The number of hydrogen-bond donors (Lipinski definition) is 2. The lowest BCUT2D eigenvalue weighted by atomic mass is 9.86. The van der Waals surface area contributed by atoms with Crippen molar-refractivity contribution in [3.05, 3.63) is 47.8 Å². The van der Waals surface area contributed by atoms with Gasteiger partial charge in [0.1, 0.15) is 0 Å². The summed E-state index contributed by atoms with van der Waals surface area (Å²) in [5.41, 5.74) is 2.23. The molecule has 1 aromatic heterocycles. The summed E-state index contributed by atoms with van der Waals surface area (Å²) in [5.74, 6) is 0.592. The number of anilines is 2. The van der Waals surface area contributed by atoms with Gasteiger partial charge < -0.3 is 15.4 Å². The van der Waals surface area contributed by atoms with E-state index in [1.165, 1.54) is 0 Å². The van der Waals surface area contributed by atoms with Gasteiger partial charge in [0, 0.05) is 31.1 Å². The predicted molar refractivity (Wildman–Crippen MR) is 99.4 cm³/mol. The van der Waals surface area contributed by atoms with Gasteiger partial charge in [-0.15, -0.1) is 0 Å². The van der Waals surface area contributed by atoms with E-state index in [2.05, 4.69) is 15.6 Å². The molecule has 1 aliphatic heterocycles. The Bertz CT molecular complexity index is 790. The van der Waals surface area contributed by atoms with Crippen LogP contribution >= 0.6 is 0 Å². The van der Waals surface area contributed by atoms with E-state index in [0.717, 1.165) is 42.6 Å². The Labute approximate surface area is 153 Å². The normalized spacial score (nSPS) is 22.7. The van der Waals surface area contributed by atoms with Gasteiger partial charge in [-0.05, 0) is 50.3 Å². The average molecular weight is 352 g/mol. The Kier molecular flexibility index (Phi) is 4.59. The number of benzene rings is 1. The van der Waals surface area contributed by atoms with Crippen molar-refractivity contribution < 1.29 is 9.53 Å². The molecule has 1 atom stereocenters. The molecule has 1 saturated heterocycles. The molecule has 6 nitrogen and oxygen atoms in total. The number of carbonyl (C=O) groups excluding carboxylic acids is 1. The third kappa shape index (κ3) is 3.29. The van der Waals surface area contributed by atoms with E-state index < -0.39 is 5.41 Å². The molecule has 2 N–H and O–H groups in total. The molecule has 1 fully saturated rings. The number of aryl methyl sites for hydroxylation is 1. The maximum atomic E-state index is 13.0. The van der Waals surface area contributed by atoms with E-state index >= 15 is 0 Å². The summed E-state index contributed by atoms with van der Waals surface area (Å²) < 4.78 is 5.38. The molecule has 0 radical (unpaired) electrons. The second kappa shape index (κ2) is 7.03. The van der Waals surface area contributed by atoms with E-state index in [4.69, 9.17) is 9.72 Å². The Balaban J connectivity index is 1.55. The molecule has 1 aromatic carbocycles. The van der Waals surface area contributed by atoms with Crippen molar-refractivity contribution in [1.29, 1.82) is 0 Å². The van der Waals surface area contributed by atoms with Crippen LogP contribution in [-0.4, -0.2) is 35.1 Å². The number of hydrogen-bond acceptors (Lipinski definition) is 5. The lowest BCUT2D eigenvalue weighted by Crippen LogP contribution is -2.47. The number of nitrogens with one attached hydrogen (secondary N) is 2. The van der Waals surface area contributed by atoms with Crippen LogP contribution in [0.1, 0.15) is 37.4 Å². The van der Waals surface area contributed by atoms with Crippen molar-refractivity contribution in [3.63, 3.8) is 0 Å². The van der Waals surface area contributed by atoms with Crippen molar-refractivity contribution in [2.24, 2.45) is 0 Å². The number of para-hydroxylation sites is 1. The number of carbonyl (C=O) groups is 1. The summed E-state index contributed by atoms with van der Waals surface area (Å²) in [6, 6.07) is 10.0. The van der Waals surface area contributed by atoms with Crippen LogP contribution in [0.2, 0.25) is 0 Å². The third-order valence-corrected chi connectivity index (χ3v) is 5.37. The fourth-order valence-corrected chi connectivity index (χ4v) is 3.69. The maximum absolute atomic E-state index is 13.0. The monoisotopic (exact) mass is 352 g/mol. The van der Waals surface area contributed by atoms with Crippen molar-refractivity contribution >= 4 is 17.5 Å². The predicted octanol–water partition coefficient (Wildman–Crippen LogP) is 2.72. The lowest BCUT2D eigenvalue weighted by Gasteiger charge is -2.29. The second-order valence-electron chi connectivity index (χ2n) is 7.25. The van der Waals surface area contributed by atoms with Gasteiger partial charge in [0.2, 0.25) is 11.9 Å². The van der Waals surface area contributed by atoms with E-state index in [9.17, 15) is 4.79 Å². The van der Waals surface area contributed by atoms with Crippen LogP contribution in [0.25, 0.3) is 0 Å². The molecule has 2 heterocycles. The minimum Gasteiger partial charge on any atom is -0.381 e. The summed E-state index contributed by atoms with van der Waals surface area (Å²) in [5, 5.41) is 6.43. The molecule has 1 aliphatic carbocycles. The van der Waals surface area contributed by atoms with Crippen LogP contribution in [0.15, 0.2) is 36.5 Å². The number of amides is 1. The molecule has 0 spiro atoms. The Hall–Kier alpha value is -2.47. The fraction of sp³-hybridized carbons (Fsp3) is 0.450. The Morgan fingerprint density at radius 1 is 1.23 bits per heavy atom. The number of nitrogens with zero attached hydrogens (tertiary/aromatic N) is 2. The van der Waals surface area contributed by atoms with Crippen LogP contribution < -0.4 is 10.6 Å². The second-order valence-corrected chi connectivity index (χ2v) is 7.25. The quantitative estimate of drug-likeness (QED) is 0.885. The first-order chi connectivity index (χ1) is 12.6. The van der Waals surface area contributed by atoms with Crippen LogP contribution in [-0.2, 0) is 21.4 Å². The maximum Gasteiger partial charge on any atom is 0.232 e. The highest BCUT2D eigenvalue weighted by molar-refractivity contribution is 5.88. The smallest absolute Gasteiger partial charge is 0.232 e. The average Bonchev–Trinajstić information content (AvgIpc) is 3.01. The highest BCUT2D eigenvalue weighted by atomic mass is 16.5. The van der Waals surface area contributed by atoms with Gasteiger partial charge in [-0.1, -0.05) is 18.2 Å². The van der Waals surface area contributed by atoms with Crippen LogP contribution in [0.4, 0.5) is 11.6 Å². The lowest BCUT2D eigenvalue weighted by molar-refractivity contribution is -0.127. The molecule has 1 amide bonds. The standard InChI is InChI=1S/C20H24N4O2/c1-20(18(25)22-16-8-11-26-12-9-16)10-7-14-13-21-19(24-17(14)20)23-15-5-3-2-4-6-15/h2-6,13,16H,7-12H2,1H3,(H,22,25)(H,21,23,24). The molecular formula is C20H24N4O2. The van der Waals surface area contributed by atoms with Gasteiger partial charge in [0.25, 0.3) is 0 Å². The number of aromatic nitrogens is 2. The first-order valence-corrected chi connectivity index (χ1v) is 9.22. The summed E-state index contributed by atoms with van der Waals surface area (Å²) in [7, 11) is 0. The highest BCUT2D eigenvalue weighted by Gasteiger charge is 2.43. The van der Waals surface area contributed by atoms with Gasteiger partial charge in [-0.3, -0.25) is 4.79 Å². The molecule has 0 saturated carbocycles. The van der Waals surface area contributed by atoms with Gasteiger partial charge in [-0.2, -0.15) is 0 Å². The van der Waals surface area contributed by atoms with E-state index in [1.807, 2.05) is 43.5 Å².